The van der Waals surface area contributed by atoms with E-state index in [-0.39, 0.29) is 36.6 Å². The predicted octanol–water partition coefficient (Wildman–Crippen LogP) is -0.305. The van der Waals surface area contributed by atoms with Crippen LogP contribution < -0.4 is 11.2 Å². The summed E-state index contributed by atoms with van der Waals surface area (Å²) >= 11 is 0. The Balaban J connectivity index is 0.00000420. The van der Waals surface area contributed by atoms with Crippen LogP contribution in [-0.4, -0.2) is 59.3 Å². The van der Waals surface area contributed by atoms with Crippen molar-refractivity contribution in [3.8, 4) is 34.5 Å². The number of amides is 1. The van der Waals surface area contributed by atoms with E-state index in [1.54, 1.807) is 0 Å². The lowest BCUT2D eigenvalue weighted by molar-refractivity contribution is -0.128. The summed E-state index contributed by atoms with van der Waals surface area (Å²) in [6.07, 6.45) is 0. The first-order valence-corrected chi connectivity index (χ1v) is 8.03. The van der Waals surface area contributed by atoms with E-state index in [1.165, 1.54) is 17.1 Å². The van der Waals surface area contributed by atoms with Crippen molar-refractivity contribution in [2.24, 2.45) is 5.73 Å². The van der Waals surface area contributed by atoms with E-state index >= 15 is 0 Å². The standard InChI is InChI=1S/C17H21N3O8.ClH/c18-10(7-21)17(28)19-20(5-8-1-3-11(22)15(26)13(8)24)6-9-2-4-12(23)16(27)14(9)25;/h1-4,10,21-27H,5-7,18H2,(H,19,28);1H. The lowest BCUT2D eigenvalue weighted by Gasteiger charge is -2.25. The van der Waals surface area contributed by atoms with Crippen molar-refractivity contribution in [2.75, 3.05) is 6.61 Å². The summed E-state index contributed by atoms with van der Waals surface area (Å²) in [6.45, 7) is -1.06. The summed E-state index contributed by atoms with van der Waals surface area (Å²) in [5, 5.41) is 68.3. The van der Waals surface area contributed by atoms with Crippen LogP contribution in [0.3, 0.4) is 0 Å². The van der Waals surface area contributed by atoms with E-state index in [4.69, 9.17) is 10.8 Å². The highest BCUT2D eigenvalue weighted by Crippen LogP contribution is 2.39. The van der Waals surface area contributed by atoms with Crippen LogP contribution in [0.4, 0.5) is 0 Å². The summed E-state index contributed by atoms with van der Waals surface area (Å²) in [5.74, 6) is -4.60. The molecule has 0 fully saturated rings. The van der Waals surface area contributed by atoms with Gasteiger partial charge in [-0.25, -0.2) is 5.01 Å². The number of rotatable bonds is 7. The molecule has 0 saturated heterocycles. The fourth-order valence-corrected chi connectivity index (χ4v) is 2.34. The molecule has 10 N–H and O–H groups in total. The molecule has 29 heavy (non-hydrogen) atoms. The quantitative estimate of drug-likeness (QED) is 0.207. The van der Waals surface area contributed by atoms with E-state index in [9.17, 15) is 35.4 Å². The number of hydrogen-bond donors (Lipinski definition) is 9. The molecule has 0 bridgehead atoms. The number of phenols is 6. The maximum atomic E-state index is 12.0. The number of aliphatic hydroxyl groups excluding tert-OH is 1. The van der Waals surface area contributed by atoms with Gasteiger partial charge in [0.25, 0.3) is 5.91 Å². The van der Waals surface area contributed by atoms with Gasteiger partial charge in [0, 0.05) is 24.2 Å². The van der Waals surface area contributed by atoms with Crippen molar-refractivity contribution in [3.05, 3.63) is 35.4 Å². The monoisotopic (exact) mass is 431 g/mol. The first-order valence-electron chi connectivity index (χ1n) is 8.03. The Morgan fingerprint density at radius 3 is 1.66 bits per heavy atom. The SMILES string of the molecule is Cl.NC(CO)C(=O)NN(Cc1ccc(O)c(O)c1O)Cc1ccc(O)c(O)c1O. The van der Waals surface area contributed by atoms with Crippen molar-refractivity contribution in [1.29, 1.82) is 0 Å². The molecule has 0 saturated carbocycles. The Labute approximate surface area is 171 Å². The molecule has 0 aliphatic rings. The second-order valence-corrected chi connectivity index (χ2v) is 6.00. The Morgan fingerprint density at radius 1 is 0.862 bits per heavy atom. The highest BCUT2D eigenvalue weighted by Gasteiger charge is 2.21. The zero-order chi connectivity index (χ0) is 21.0. The number of hydrogen-bond acceptors (Lipinski definition) is 10. The maximum absolute atomic E-state index is 12.0. The first kappa shape index (κ1) is 23.9. The van der Waals surface area contributed by atoms with Crippen LogP contribution in [0.5, 0.6) is 34.5 Å². The zero-order valence-corrected chi connectivity index (χ0v) is 15.8. The molecule has 0 radical (unpaired) electrons. The van der Waals surface area contributed by atoms with Crippen molar-refractivity contribution >= 4 is 18.3 Å². The van der Waals surface area contributed by atoms with Gasteiger partial charge in [-0.2, -0.15) is 0 Å². The molecule has 1 amide bonds. The van der Waals surface area contributed by atoms with Crippen LogP contribution in [0, 0.1) is 0 Å². The van der Waals surface area contributed by atoms with Gasteiger partial charge in [-0.15, -0.1) is 12.4 Å². The van der Waals surface area contributed by atoms with Crippen LogP contribution in [0.15, 0.2) is 24.3 Å². The third kappa shape index (κ3) is 5.45. The molecule has 0 heterocycles. The largest absolute Gasteiger partial charge is 0.504 e. The van der Waals surface area contributed by atoms with Crippen LogP contribution in [0.1, 0.15) is 11.1 Å². The average Bonchev–Trinajstić information content (AvgIpc) is 2.67. The number of nitrogens with one attached hydrogen (secondary N) is 1. The Kier molecular flexibility index (Phi) is 8.16. The molecule has 0 aromatic heterocycles. The molecule has 2 aromatic carbocycles. The molecule has 0 aliphatic heterocycles. The Hall–Kier alpha value is -3.12. The second-order valence-electron chi connectivity index (χ2n) is 6.00. The number of aromatic hydroxyl groups is 6. The number of phenolic OH excluding ortho intramolecular Hbond substituents is 6. The minimum absolute atomic E-state index is 0. The second kappa shape index (κ2) is 9.89. The molecule has 160 valence electrons. The van der Waals surface area contributed by atoms with E-state index in [1.807, 2.05) is 0 Å². The molecule has 0 aliphatic carbocycles. The average molecular weight is 432 g/mol. The molecular formula is C17H22ClN3O8. The number of carbonyl (C=O) groups is 1. The number of nitrogens with two attached hydrogens (primary N) is 1. The molecule has 11 nitrogen and oxygen atoms in total. The minimum Gasteiger partial charge on any atom is -0.504 e. The summed E-state index contributed by atoms with van der Waals surface area (Å²) in [6, 6.07) is 3.61. The Morgan fingerprint density at radius 2 is 1.28 bits per heavy atom. The molecule has 1 atom stereocenters. The highest BCUT2D eigenvalue weighted by molar-refractivity contribution is 5.85. The van der Waals surface area contributed by atoms with Gasteiger partial charge in [-0.05, 0) is 12.1 Å². The fourth-order valence-electron chi connectivity index (χ4n) is 2.34. The summed E-state index contributed by atoms with van der Waals surface area (Å²) in [4.78, 5) is 12.0. The topological polar surface area (TPSA) is 200 Å². The first-order chi connectivity index (χ1) is 13.1. The predicted molar refractivity (Wildman–Crippen MR) is 103 cm³/mol. The number of nitrogens with zero attached hydrogens (tertiary/aromatic N) is 1. The third-order valence-corrected chi connectivity index (χ3v) is 3.95. The molecule has 1 unspecified atom stereocenters. The molecule has 0 spiro atoms. The van der Waals surface area contributed by atoms with Crippen molar-refractivity contribution in [3.63, 3.8) is 0 Å². The number of carbonyl (C=O) groups excluding carboxylic acids is 1. The van der Waals surface area contributed by atoms with Gasteiger partial charge in [0.1, 0.15) is 6.04 Å². The van der Waals surface area contributed by atoms with Crippen molar-refractivity contribution < 1.29 is 40.5 Å². The minimum atomic E-state index is -1.24. The van der Waals surface area contributed by atoms with Gasteiger partial charge in [0.2, 0.25) is 11.5 Å². The van der Waals surface area contributed by atoms with Gasteiger partial charge >= 0.3 is 0 Å². The van der Waals surface area contributed by atoms with Crippen LogP contribution in [-0.2, 0) is 17.9 Å². The normalized spacial score (nSPS) is 11.7. The zero-order valence-electron chi connectivity index (χ0n) is 15.0. The number of halogens is 1. The van der Waals surface area contributed by atoms with Crippen LogP contribution in [0.2, 0.25) is 0 Å². The summed E-state index contributed by atoms with van der Waals surface area (Å²) in [7, 11) is 0. The van der Waals surface area contributed by atoms with E-state index < -0.39 is 53.1 Å². The lowest BCUT2D eigenvalue weighted by Crippen LogP contribution is -2.50. The van der Waals surface area contributed by atoms with Gasteiger partial charge in [0.15, 0.2) is 23.0 Å². The van der Waals surface area contributed by atoms with Crippen molar-refractivity contribution in [1.82, 2.24) is 10.4 Å². The van der Waals surface area contributed by atoms with Gasteiger partial charge in [-0.3, -0.25) is 10.2 Å². The van der Waals surface area contributed by atoms with Crippen LogP contribution in [0.25, 0.3) is 0 Å². The lowest BCUT2D eigenvalue weighted by atomic mass is 10.1. The number of hydrazine groups is 1. The van der Waals surface area contributed by atoms with E-state index in [2.05, 4.69) is 5.43 Å². The van der Waals surface area contributed by atoms with Gasteiger partial charge < -0.3 is 41.5 Å². The third-order valence-electron chi connectivity index (χ3n) is 3.95. The number of aliphatic hydroxyl groups is 1. The molecule has 2 aromatic rings. The molecule has 2 rings (SSSR count). The highest BCUT2D eigenvalue weighted by atomic mass is 35.5. The van der Waals surface area contributed by atoms with Crippen molar-refractivity contribution in [2.45, 2.75) is 19.1 Å². The molecule has 12 heteroatoms. The van der Waals surface area contributed by atoms with Gasteiger partial charge in [-0.1, -0.05) is 12.1 Å². The molecular weight excluding hydrogens is 410 g/mol. The fraction of sp³-hybridized carbons (Fsp3) is 0.235. The Bertz CT molecular complexity index is 821. The van der Waals surface area contributed by atoms with Crippen LogP contribution >= 0.6 is 12.4 Å². The van der Waals surface area contributed by atoms with E-state index in [0.717, 1.165) is 12.1 Å². The summed E-state index contributed by atoms with van der Waals surface area (Å²) in [5.41, 5.74) is 8.07. The maximum Gasteiger partial charge on any atom is 0.253 e. The summed E-state index contributed by atoms with van der Waals surface area (Å²) < 4.78 is 0. The van der Waals surface area contributed by atoms with Gasteiger partial charge in [0.05, 0.1) is 6.61 Å². The number of benzene rings is 2. The smallest absolute Gasteiger partial charge is 0.253 e. The van der Waals surface area contributed by atoms with E-state index in [0.29, 0.717) is 0 Å².